The number of nitrogens with one attached hydrogen (secondary N) is 1. The van der Waals surface area contributed by atoms with Crippen molar-refractivity contribution in [2.24, 2.45) is 10.9 Å². The molecule has 0 aromatic carbocycles. The van der Waals surface area contributed by atoms with Crippen LogP contribution in [-0.4, -0.2) is 35.5 Å². The summed E-state index contributed by atoms with van der Waals surface area (Å²) in [7, 11) is 0. The Bertz CT molecular complexity index is 185. The van der Waals surface area contributed by atoms with Gasteiger partial charge in [0.05, 0.1) is 0 Å². The molecule has 0 saturated carbocycles. The first-order chi connectivity index (χ1) is 6.20. The number of nitrogens with two attached hydrogens (primary N) is 1. The first-order valence-corrected chi connectivity index (χ1v) is 5.32. The van der Waals surface area contributed by atoms with Crippen molar-refractivity contribution in [3.63, 3.8) is 0 Å². The Morgan fingerprint density at radius 2 is 2.31 bits per heavy atom. The molecule has 6 heteroatoms. The van der Waals surface area contributed by atoms with Crippen LogP contribution in [0.2, 0.25) is 0 Å². The van der Waals surface area contributed by atoms with Gasteiger partial charge in [0.1, 0.15) is 5.84 Å². The predicted octanol–water partition coefficient (Wildman–Crippen LogP) is -0.00780. The Morgan fingerprint density at radius 1 is 1.62 bits per heavy atom. The average molecular weight is 205 g/mol. The number of amides is 1. The molecule has 0 radical (unpaired) electrons. The first kappa shape index (κ1) is 12.1. The molecule has 0 unspecified atom stereocenters. The standard InChI is InChI=1S/C7H15N3O2S/c1-13-5-3-7(11)9-4-2-6(8)10-12/h12H,2-5H2,1H3,(H2,8,10)(H,9,11). The largest absolute Gasteiger partial charge is 0.409 e. The summed E-state index contributed by atoms with van der Waals surface area (Å²) in [5, 5.41) is 13.6. The molecule has 0 aliphatic rings. The number of hydrogen-bond donors (Lipinski definition) is 3. The molecule has 0 atom stereocenters. The molecule has 0 saturated heterocycles. The fraction of sp³-hybridized carbons (Fsp3) is 0.714. The molecule has 0 spiro atoms. The number of oxime groups is 1. The summed E-state index contributed by atoms with van der Waals surface area (Å²) < 4.78 is 0. The molecule has 0 aromatic rings. The number of amidine groups is 1. The summed E-state index contributed by atoms with van der Waals surface area (Å²) in [6.07, 6.45) is 2.84. The van der Waals surface area contributed by atoms with Gasteiger partial charge in [0.25, 0.3) is 0 Å². The number of carbonyl (C=O) groups excluding carboxylic acids is 1. The van der Waals surface area contributed by atoms with Crippen LogP contribution >= 0.6 is 11.8 Å². The zero-order valence-corrected chi connectivity index (χ0v) is 8.43. The maximum atomic E-state index is 11.0. The van der Waals surface area contributed by atoms with Crippen LogP contribution < -0.4 is 11.1 Å². The molecule has 76 valence electrons. The van der Waals surface area contributed by atoms with E-state index < -0.39 is 0 Å². The van der Waals surface area contributed by atoms with Gasteiger partial charge in [-0.3, -0.25) is 4.79 Å². The molecular formula is C7H15N3O2S. The SMILES string of the molecule is CSCCC(=O)NCCC(N)=NO. The summed E-state index contributed by atoms with van der Waals surface area (Å²) in [4.78, 5) is 11.0. The monoisotopic (exact) mass is 205 g/mol. The van der Waals surface area contributed by atoms with E-state index in [-0.39, 0.29) is 11.7 Å². The van der Waals surface area contributed by atoms with E-state index in [9.17, 15) is 4.79 Å². The van der Waals surface area contributed by atoms with Crippen LogP contribution in [0.5, 0.6) is 0 Å². The Balaban J connectivity index is 3.37. The average Bonchev–Trinajstić information content (AvgIpc) is 2.14. The fourth-order valence-corrected chi connectivity index (χ4v) is 1.05. The molecule has 0 aromatic heterocycles. The molecule has 0 heterocycles. The lowest BCUT2D eigenvalue weighted by Gasteiger charge is -2.02. The van der Waals surface area contributed by atoms with Gasteiger partial charge < -0.3 is 16.3 Å². The van der Waals surface area contributed by atoms with Crippen LogP contribution in [0.25, 0.3) is 0 Å². The first-order valence-electron chi connectivity index (χ1n) is 3.92. The van der Waals surface area contributed by atoms with Crippen molar-refractivity contribution >= 4 is 23.5 Å². The van der Waals surface area contributed by atoms with E-state index >= 15 is 0 Å². The van der Waals surface area contributed by atoms with Crippen molar-refractivity contribution in [2.75, 3.05) is 18.6 Å². The lowest BCUT2D eigenvalue weighted by atomic mass is 10.4. The molecule has 5 nitrogen and oxygen atoms in total. The quantitative estimate of drug-likeness (QED) is 0.246. The Labute approximate surface area is 81.7 Å². The van der Waals surface area contributed by atoms with Crippen LogP contribution in [0.3, 0.4) is 0 Å². The molecule has 0 bridgehead atoms. The van der Waals surface area contributed by atoms with Crippen molar-refractivity contribution in [2.45, 2.75) is 12.8 Å². The maximum absolute atomic E-state index is 11.0. The Kier molecular flexibility index (Phi) is 7.18. The molecule has 0 aliphatic carbocycles. The lowest BCUT2D eigenvalue weighted by Crippen LogP contribution is -2.28. The molecule has 0 fully saturated rings. The van der Waals surface area contributed by atoms with Crippen molar-refractivity contribution < 1.29 is 10.0 Å². The topological polar surface area (TPSA) is 87.7 Å². The van der Waals surface area contributed by atoms with Gasteiger partial charge in [-0.05, 0) is 6.26 Å². The van der Waals surface area contributed by atoms with Crippen molar-refractivity contribution in [3.05, 3.63) is 0 Å². The zero-order chi connectivity index (χ0) is 10.1. The molecular weight excluding hydrogens is 190 g/mol. The number of rotatable bonds is 6. The number of nitrogens with zero attached hydrogens (tertiary/aromatic N) is 1. The Hall–Kier alpha value is -0.910. The maximum Gasteiger partial charge on any atom is 0.220 e. The third-order valence-corrected chi connectivity index (χ3v) is 1.98. The third kappa shape index (κ3) is 7.45. The van der Waals surface area contributed by atoms with E-state index in [0.29, 0.717) is 19.4 Å². The lowest BCUT2D eigenvalue weighted by molar-refractivity contribution is -0.120. The summed E-state index contributed by atoms with van der Waals surface area (Å²) >= 11 is 1.62. The minimum atomic E-state index is 0.0000831. The van der Waals surface area contributed by atoms with Crippen LogP contribution in [0.1, 0.15) is 12.8 Å². The Morgan fingerprint density at radius 3 is 2.85 bits per heavy atom. The molecule has 0 aliphatic heterocycles. The number of thioether (sulfide) groups is 1. The van der Waals surface area contributed by atoms with E-state index in [1.165, 1.54) is 0 Å². The van der Waals surface area contributed by atoms with Gasteiger partial charge in [-0.2, -0.15) is 11.8 Å². The number of carbonyl (C=O) groups is 1. The van der Waals surface area contributed by atoms with Gasteiger partial charge in [0.15, 0.2) is 0 Å². The smallest absolute Gasteiger partial charge is 0.220 e. The fourth-order valence-electron chi connectivity index (χ4n) is 0.663. The van der Waals surface area contributed by atoms with Gasteiger partial charge in [0.2, 0.25) is 5.91 Å². The highest BCUT2D eigenvalue weighted by Gasteiger charge is 1.99. The highest BCUT2D eigenvalue weighted by molar-refractivity contribution is 7.98. The second-order valence-corrected chi connectivity index (χ2v) is 3.42. The molecule has 13 heavy (non-hydrogen) atoms. The highest BCUT2D eigenvalue weighted by Crippen LogP contribution is 1.94. The van der Waals surface area contributed by atoms with Crippen LogP contribution in [0.15, 0.2) is 5.16 Å². The normalized spacial score (nSPS) is 11.3. The summed E-state index contributed by atoms with van der Waals surface area (Å²) in [5.41, 5.74) is 5.20. The summed E-state index contributed by atoms with van der Waals surface area (Å²) in [5.74, 6) is 0.945. The van der Waals surface area contributed by atoms with E-state index in [1.807, 2.05) is 6.26 Å². The second kappa shape index (κ2) is 7.72. The molecule has 4 N–H and O–H groups in total. The van der Waals surface area contributed by atoms with E-state index in [4.69, 9.17) is 10.9 Å². The van der Waals surface area contributed by atoms with Gasteiger partial charge >= 0.3 is 0 Å². The van der Waals surface area contributed by atoms with Crippen molar-refractivity contribution in [1.82, 2.24) is 5.32 Å². The van der Waals surface area contributed by atoms with E-state index in [0.717, 1.165) is 5.75 Å². The molecule has 1 amide bonds. The predicted molar refractivity (Wildman–Crippen MR) is 54.0 cm³/mol. The van der Waals surface area contributed by atoms with Gasteiger partial charge in [-0.25, -0.2) is 0 Å². The van der Waals surface area contributed by atoms with E-state index in [2.05, 4.69) is 10.5 Å². The summed E-state index contributed by atoms with van der Waals surface area (Å²) in [6.45, 7) is 0.420. The van der Waals surface area contributed by atoms with Gasteiger partial charge in [-0.1, -0.05) is 5.16 Å². The second-order valence-electron chi connectivity index (χ2n) is 2.43. The summed E-state index contributed by atoms with van der Waals surface area (Å²) in [6, 6.07) is 0. The third-order valence-electron chi connectivity index (χ3n) is 1.37. The van der Waals surface area contributed by atoms with Crippen molar-refractivity contribution in [3.8, 4) is 0 Å². The zero-order valence-electron chi connectivity index (χ0n) is 7.62. The number of hydrogen-bond acceptors (Lipinski definition) is 4. The van der Waals surface area contributed by atoms with Gasteiger partial charge in [-0.15, -0.1) is 0 Å². The highest BCUT2D eigenvalue weighted by atomic mass is 32.2. The minimum Gasteiger partial charge on any atom is -0.409 e. The minimum absolute atomic E-state index is 0.0000831. The molecule has 0 rings (SSSR count). The van der Waals surface area contributed by atoms with Crippen LogP contribution in [0.4, 0.5) is 0 Å². The van der Waals surface area contributed by atoms with Gasteiger partial charge in [0, 0.05) is 25.1 Å². The van der Waals surface area contributed by atoms with E-state index in [1.54, 1.807) is 11.8 Å². The van der Waals surface area contributed by atoms with Crippen LogP contribution in [0, 0.1) is 0 Å². The van der Waals surface area contributed by atoms with Crippen molar-refractivity contribution in [1.29, 1.82) is 0 Å². The van der Waals surface area contributed by atoms with Crippen LogP contribution in [-0.2, 0) is 4.79 Å².